The van der Waals surface area contributed by atoms with E-state index in [9.17, 15) is 0 Å². The third kappa shape index (κ3) is 4.75. The number of aryl methyl sites for hydroxylation is 1. The number of aromatic nitrogens is 1. The summed E-state index contributed by atoms with van der Waals surface area (Å²) in [7, 11) is 1.70. The number of hydrogen-bond donors (Lipinski definition) is 0. The molecule has 0 fully saturated rings. The Labute approximate surface area is 171 Å². The van der Waals surface area contributed by atoms with Crippen LogP contribution in [0.2, 0.25) is 10.0 Å². The van der Waals surface area contributed by atoms with Gasteiger partial charge in [0.05, 0.1) is 22.7 Å². The molecule has 0 aliphatic rings. The number of halogens is 2. The smallest absolute Gasteiger partial charge is 0.119 e. The largest absolute Gasteiger partial charge is 0.497 e. The van der Waals surface area contributed by atoms with Gasteiger partial charge in [-0.05, 0) is 73.1 Å². The first kappa shape index (κ1) is 20.0. The third-order valence-corrected chi connectivity index (χ3v) is 5.93. The molecule has 1 heterocycles. The van der Waals surface area contributed by atoms with E-state index in [1.165, 1.54) is 16.5 Å². The van der Waals surface area contributed by atoms with E-state index < -0.39 is 0 Å². The van der Waals surface area contributed by atoms with Crippen LogP contribution in [0.25, 0.3) is 10.9 Å². The highest BCUT2D eigenvalue weighted by atomic mass is 35.5. The number of ether oxygens (including phenoxy) is 1. The van der Waals surface area contributed by atoms with E-state index in [1.54, 1.807) is 7.11 Å². The molecule has 0 aliphatic carbocycles. The zero-order chi connectivity index (χ0) is 19.2. The second kappa shape index (κ2) is 9.43. The van der Waals surface area contributed by atoms with Gasteiger partial charge in [0.2, 0.25) is 0 Å². The number of pyridine rings is 1. The maximum atomic E-state index is 6.48. The van der Waals surface area contributed by atoms with Crippen LogP contribution in [-0.4, -0.2) is 12.1 Å². The van der Waals surface area contributed by atoms with Gasteiger partial charge < -0.3 is 4.74 Å². The Bertz CT molecular complexity index is 910. The summed E-state index contributed by atoms with van der Waals surface area (Å²) >= 11 is 12.7. The van der Waals surface area contributed by atoms with Gasteiger partial charge >= 0.3 is 0 Å². The average molecular weight is 402 g/mol. The number of fused-ring (bicyclic) bond motifs is 1. The molecule has 3 aromatic rings. The van der Waals surface area contributed by atoms with Crippen LogP contribution in [0.4, 0.5) is 0 Å². The second-order valence-corrected chi connectivity index (χ2v) is 7.66. The van der Waals surface area contributed by atoms with Crippen molar-refractivity contribution < 1.29 is 4.74 Å². The fourth-order valence-electron chi connectivity index (χ4n) is 3.71. The minimum atomic E-state index is 0.434. The molecule has 0 spiro atoms. The minimum Gasteiger partial charge on any atom is -0.497 e. The molecule has 3 rings (SSSR count). The van der Waals surface area contributed by atoms with Gasteiger partial charge in [-0.3, -0.25) is 4.98 Å². The Hall–Kier alpha value is -1.77. The van der Waals surface area contributed by atoms with Crippen LogP contribution in [0, 0.1) is 0 Å². The summed E-state index contributed by atoms with van der Waals surface area (Å²) < 4.78 is 5.38. The Balaban J connectivity index is 1.76. The molecule has 2 aromatic carbocycles. The quantitative estimate of drug-likeness (QED) is 0.390. The van der Waals surface area contributed by atoms with Crippen molar-refractivity contribution in [2.75, 3.05) is 7.11 Å². The first-order valence-corrected chi connectivity index (χ1v) is 10.2. The molecule has 0 aliphatic heterocycles. The number of methoxy groups -OCH3 is 1. The lowest BCUT2D eigenvalue weighted by Gasteiger charge is -2.19. The van der Waals surface area contributed by atoms with E-state index in [-0.39, 0.29) is 0 Å². The van der Waals surface area contributed by atoms with Gasteiger partial charge in [-0.1, -0.05) is 48.7 Å². The number of benzene rings is 2. The van der Waals surface area contributed by atoms with Crippen molar-refractivity contribution in [3.63, 3.8) is 0 Å². The van der Waals surface area contributed by atoms with Crippen molar-refractivity contribution in [1.82, 2.24) is 4.98 Å². The van der Waals surface area contributed by atoms with Gasteiger partial charge in [0.25, 0.3) is 0 Å². The van der Waals surface area contributed by atoms with Gasteiger partial charge in [-0.25, -0.2) is 0 Å². The maximum Gasteiger partial charge on any atom is 0.119 e. The molecule has 4 heteroatoms. The molecule has 2 nitrogen and oxygen atoms in total. The predicted molar refractivity (Wildman–Crippen MR) is 115 cm³/mol. The highest BCUT2D eigenvalue weighted by Crippen LogP contribution is 2.36. The fourth-order valence-corrected chi connectivity index (χ4v) is 4.17. The molecule has 1 unspecified atom stereocenters. The molecule has 0 N–H and O–H groups in total. The van der Waals surface area contributed by atoms with Crippen molar-refractivity contribution in [3.8, 4) is 5.75 Å². The normalized spacial score (nSPS) is 12.3. The summed E-state index contributed by atoms with van der Waals surface area (Å²) in [5.74, 6) is 1.30. The predicted octanol–water partition coefficient (Wildman–Crippen LogP) is 7.46. The minimum absolute atomic E-state index is 0.434. The Morgan fingerprint density at radius 3 is 2.70 bits per heavy atom. The van der Waals surface area contributed by atoms with Gasteiger partial charge in [0, 0.05) is 11.6 Å². The zero-order valence-electron chi connectivity index (χ0n) is 15.8. The summed E-state index contributed by atoms with van der Waals surface area (Å²) in [6, 6.07) is 14.1. The number of rotatable bonds is 8. The Morgan fingerprint density at radius 2 is 1.93 bits per heavy atom. The van der Waals surface area contributed by atoms with Crippen molar-refractivity contribution in [3.05, 3.63) is 69.8 Å². The molecule has 0 bridgehead atoms. The zero-order valence-corrected chi connectivity index (χ0v) is 17.4. The van der Waals surface area contributed by atoms with Crippen LogP contribution in [0.5, 0.6) is 5.75 Å². The summed E-state index contributed by atoms with van der Waals surface area (Å²) in [5.41, 5.74) is 3.50. The van der Waals surface area contributed by atoms with Crippen molar-refractivity contribution in [1.29, 1.82) is 0 Å². The van der Waals surface area contributed by atoms with Crippen molar-refractivity contribution >= 4 is 34.1 Å². The van der Waals surface area contributed by atoms with E-state index in [1.807, 2.05) is 30.5 Å². The van der Waals surface area contributed by atoms with Crippen LogP contribution < -0.4 is 4.74 Å². The molecule has 0 saturated carbocycles. The van der Waals surface area contributed by atoms with E-state index >= 15 is 0 Å². The molecular weight excluding hydrogens is 377 g/mol. The molecule has 0 amide bonds. The SMILES string of the molecule is CCCC(CCCc1ccnc2ccc(OC)cc12)c1cccc(Cl)c1Cl. The molecular formula is C23H25Cl2NO. The van der Waals surface area contributed by atoms with Crippen LogP contribution >= 0.6 is 23.2 Å². The summed E-state index contributed by atoms with van der Waals surface area (Å²) in [5, 5.41) is 2.52. The molecule has 1 aromatic heterocycles. The van der Waals surface area contributed by atoms with E-state index in [4.69, 9.17) is 27.9 Å². The Morgan fingerprint density at radius 1 is 1.07 bits per heavy atom. The van der Waals surface area contributed by atoms with Gasteiger partial charge in [0.1, 0.15) is 5.75 Å². The standard InChI is InChI=1S/C23H25Cl2NO/c1-3-6-16(19-9-5-10-21(24)23(19)25)7-4-8-17-13-14-26-22-12-11-18(27-2)15-20(17)22/h5,9-16H,3-4,6-8H2,1-2H3. The lowest BCUT2D eigenvalue weighted by molar-refractivity contribution is 0.415. The summed E-state index contributed by atoms with van der Waals surface area (Å²) in [6.45, 7) is 2.22. The lowest BCUT2D eigenvalue weighted by atomic mass is 9.88. The third-order valence-electron chi connectivity index (χ3n) is 5.10. The monoisotopic (exact) mass is 401 g/mol. The topological polar surface area (TPSA) is 22.1 Å². The van der Waals surface area contributed by atoms with Crippen LogP contribution in [0.15, 0.2) is 48.7 Å². The second-order valence-electron chi connectivity index (χ2n) is 6.87. The molecule has 0 saturated heterocycles. The highest BCUT2D eigenvalue weighted by molar-refractivity contribution is 6.42. The Kier molecular flexibility index (Phi) is 6.98. The maximum absolute atomic E-state index is 6.48. The lowest BCUT2D eigenvalue weighted by Crippen LogP contribution is -2.01. The van der Waals surface area contributed by atoms with Crippen LogP contribution in [0.1, 0.15) is 49.7 Å². The number of hydrogen-bond acceptors (Lipinski definition) is 2. The van der Waals surface area contributed by atoms with Crippen molar-refractivity contribution in [2.24, 2.45) is 0 Å². The summed E-state index contributed by atoms with van der Waals surface area (Å²) in [6.07, 6.45) is 7.31. The molecule has 1 atom stereocenters. The van der Waals surface area contributed by atoms with Gasteiger partial charge in [0.15, 0.2) is 0 Å². The van der Waals surface area contributed by atoms with Crippen LogP contribution in [0.3, 0.4) is 0 Å². The molecule has 27 heavy (non-hydrogen) atoms. The fraction of sp³-hybridized carbons (Fsp3) is 0.348. The van der Waals surface area contributed by atoms with E-state index in [0.29, 0.717) is 16.0 Å². The first-order valence-electron chi connectivity index (χ1n) is 9.49. The number of nitrogens with zero attached hydrogens (tertiary/aromatic N) is 1. The average Bonchev–Trinajstić information content (AvgIpc) is 2.69. The van der Waals surface area contributed by atoms with E-state index in [0.717, 1.165) is 43.4 Å². The van der Waals surface area contributed by atoms with E-state index in [2.05, 4.69) is 30.1 Å². The van der Waals surface area contributed by atoms with Gasteiger partial charge in [-0.15, -0.1) is 0 Å². The van der Waals surface area contributed by atoms with Gasteiger partial charge in [-0.2, -0.15) is 0 Å². The van der Waals surface area contributed by atoms with Crippen LogP contribution in [-0.2, 0) is 6.42 Å². The summed E-state index contributed by atoms with van der Waals surface area (Å²) in [4.78, 5) is 4.47. The first-order chi connectivity index (χ1) is 13.1. The molecule has 0 radical (unpaired) electrons. The molecule has 142 valence electrons. The van der Waals surface area contributed by atoms with Crippen molar-refractivity contribution in [2.45, 2.75) is 44.9 Å². The highest BCUT2D eigenvalue weighted by Gasteiger charge is 2.16.